The summed E-state index contributed by atoms with van der Waals surface area (Å²) < 4.78 is 10.2. The number of amides is 1. The van der Waals surface area contributed by atoms with Crippen molar-refractivity contribution in [1.29, 1.82) is 0 Å². The fourth-order valence-electron chi connectivity index (χ4n) is 2.80. The zero-order chi connectivity index (χ0) is 17.1. The molecule has 1 amide bonds. The summed E-state index contributed by atoms with van der Waals surface area (Å²) in [4.78, 5) is 38.0. The van der Waals surface area contributed by atoms with Crippen molar-refractivity contribution in [2.24, 2.45) is 5.92 Å². The molecule has 1 fully saturated rings. The molecule has 0 aliphatic carbocycles. The van der Waals surface area contributed by atoms with Crippen LogP contribution in [0.15, 0.2) is 0 Å². The molecule has 6 nitrogen and oxygen atoms in total. The van der Waals surface area contributed by atoms with Crippen LogP contribution < -0.4 is 0 Å². The van der Waals surface area contributed by atoms with Gasteiger partial charge >= 0.3 is 12.1 Å². The number of Topliss-reactive ketones (excluding diaryl/α,β-unsaturated/α-hetero) is 1. The second kappa shape index (κ2) is 6.86. The van der Waals surface area contributed by atoms with Gasteiger partial charge in [-0.15, -0.1) is 11.6 Å². The second-order valence-corrected chi connectivity index (χ2v) is 7.04. The van der Waals surface area contributed by atoms with Gasteiger partial charge in [-0.05, 0) is 33.1 Å². The molecular formula is C15H24ClNO5. The number of methoxy groups -OCH3 is 1. The maximum atomic E-state index is 12.5. The monoisotopic (exact) mass is 333 g/mol. The highest BCUT2D eigenvalue weighted by Crippen LogP contribution is 2.38. The molecule has 2 atom stereocenters. The smallest absolute Gasteiger partial charge is 0.411 e. The standard InChI is InChI=1S/C15H24ClNO5/c1-10-6-15(12(19)21-5,7-11(18)8-16)17(9-10)13(20)22-14(2,3)4/h10H,6-9H2,1-5H3/t10-,15-/m0/s1. The summed E-state index contributed by atoms with van der Waals surface area (Å²) in [5.74, 6) is -1.08. The largest absolute Gasteiger partial charge is 0.467 e. The van der Waals surface area contributed by atoms with E-state index in [-0.39, 0.29) is 24.0 Å². The molecule has 0 unspecified atom stereocenters. The number of likely N-dealkylation sites (tertiary alicyclic amines) is 1. The number of alkyl halides is 1. The van der Waals surface area contributed by atoms with Crippen LogP contribution in [-0.4, -0.2) is 53.4 Å². The fraction of sp³-hybridized carbons (Fsp3) is 0.800. The molecule has 1 saturated heterocycles. The molecule has 1 rings (SSSR count). The molecular weight excluding hydrogens is 310 g/mol. The van der Waals surface area contributed by atoms with Crippen LogP contribution >= 0.6 is 11.6 Å². The van der Waals surface area contributed by atoms with Crippen molar-refractivity contribution >= 4 is 29.4 Å². The van der Waals surface area contributed by atoms with Gasteiger partial charge in [-0.25, -0.2) is 9.59 Å². The first-order valence-electron chi connectivity index (χ1n) is 7.22. The van der Waals surface area contributed by atoms with E-state index in [4.69, 9.17) is 21.1 Å². The first-order chi connectivity index (χ1) is 10.1. The van der Waals surface area contributed by atoms with Gasteiger partial charge in [0.1, 0.15) is 5.60 Å². The quantitative estimate of drug-likeness (QED) is 0.583. The molecule has 0 aromatic rings. The summed E-state index contributed by atoms with van der Waals surface area (Å²) in [7, 11) is 1.24. The minimum absolute atomic E-state index is 0.0507. The Labute approximate surface area is 136 Å². The average Bonchev–Trinajstić information content (AvgIpc) is 2.73. The number of carbonyl (C=O) groups is 3. The van der Waals surface area contributed by atoms with Gasteiger partial charge in [-0.3, -0.25) is 9.69 Å². The molecule has 0 saturated carbocycles. The Balaban J connectivity index is 3.17. The maximum Gasteiger partial charge on any atom is 0.411 e. The van der Waals surface area contributed by atoms with Crippen molar-refractivity contribution in [3.05, 3.63) is 0 Å². The molecule has 126 valence electrons. The molecule has 7 heteroatoms. The van der Waals surface area contributed by atoms with E-state index in [2.05, 4.69) is 0 Å². The van der Waals surface area contributed by atoms with E-state index in [9.17, 15) is 14.4 Å². The van der Waals surface area contributed by atoms with Gasteiger partial charge < -0.3 is 9.47 Å². The predicted molar refractivity (Wildman–Crippen MR) is 81.8 cm³/mol. The Morgan fingerprint density at radius 2 is 1.91 bits per heavy atom. The number of esters is 1. The Morgan fingerprint density at radius 3 is 2.36 bits per heavy atom. The maximum absolute atomic E-state index is 12.5. The number of ketones is 1. The van der Waals surface area contributed by atoms with Gasteiger partial charge in [-0.2, -0.15) is 0 Å². The van der Waals surface area contributed by atoms with Crippen LogP contribution in [0.2, 0.25) is 0 Å². The van der Waals surface area contributed by atoms with Crippen LogP contribution in [0.5, 0.6) is 0 Å². The molecule has 1 aliphatic rings. The minimum Gasteiger partial charge on any atom is -0.467 e. The molecule has 0 N–H and O–H groups in total. The number of nitrogens with zero attached hydrogens (tertiary/aromatic N) is 1. The van der Waals surface area contributed by atoms with Crippen LogP contribution in [0.4, 0.5) is 4.79 Å². The summed E-state index contributed by atoms with van der Waals surface area (Å²) in [5, 5.41) is 0. The Bertz CT molecular complexity index is 459. The van der Waals surface area contributed by atoms with Crippen LogP contribution in [-0.2, 0) is 19.1 Å². The third kappa shape index (κ3) is 4.12. The normalized spacial score (nSPS) is 25.0. The number of halogens is 1. The predicted octanol–water partition coefficient (Wildman–Crippen LogP) is 2.37. The number of hydrogen-bond acceptors (Lipinski definition) is 5. The number of carbonyl (C=O) groups excluding carboxylic acids is 3. The average molecular weight is 334 g/mol. The van der Waals surface area contributed by atoms with Crippen molar-refractivity contribution in [3.63, 3.8) is 0 Å². The first-order valence-corrected chi connectivity index (χ1v) is 7.76. The minimum atomic E-state index is -1.33. The summed E-state index contributed by atoms with van der Waals surface area (Å²) in [5.41, 5.74) is -2.02. The highest BCUT2D eigenvalue weighted by molar-refractivity contribution is 6.28. The zero-order valence-electron chi connectivity index (χ0n) is 13.8. The number of ether oxygens (including phenoxy) is 2. The third-order valence-electron chi connectivity index (χ3n) is 3.51. The third-order valence-corrected chi connectivity index (χ3v) is 3.81. The van der Waals surface area contributed by atoms with E-state index < -0.39 is 23.2 Å². The van der Waals surface area contributed by atoms with Gasteiger partial charge in [-0.1, -0.05) is 6.92 Å². The van der Waals surface area contributed by atoms with E-state index in [1.807, 2.05) is 6.92 Å². The van der Waals surface area contributed by atoms with Gasteiger partial charge in [0, 0.05) is 13.0 Å². The van der Waals surface area contributed by atoms with Crippen LogP contribution in [0.1, 0.15) is 40.5 Å². The molecule has 0 aromatic heterocycles. The molecule has 1 heterocycles. The SMILES string of the molecule is COC(=O)[C@@]1(CC(=O)CCl)C[C@H](C)CN1C(=O)OC(C)(C)C. The van der Waals surface area contributed by atoms with Crippen LogP contribution in [0.3, 0.4) is 0 Å². The van der Waals surface area contributed by atoms with Gasteiger partial charge in [0.15, 0.2) is 11.3 Å². The van der Waals surface area contributed by atoms with Gasteiger partial charge in [0.05, 0.1) is 13.0 Å². The lowest BCUT2D eigenvalue weighted by atomic mass is 9.87. The van der Waals surface area contributed by atoms with Crippen molar-refractivity contribution in [3.8, 4) is 0 Å². The lowest BCUT2D eigenvalue weighted by Crippen LogP contribution is -2.55. The lowest BCUT2D eigenvalue weighted by Gasteiger charge is -2.36. The highest BCUT2D eigenvalue weighted by Gasteiger charge is 2.55. The molecule has 0 aromatic carbocycles. The summed E-state index contributed by atoms with van der Waals surface area (Å²) in [6, 6.07) is 0. The van der Waals surface area contributed by atoms with Gasteiger partial charge in [0.2, 0.25) is 0 Å². The van der Waals surface area contributed by atoms with E-state index in [0.29, 0.717) is 13.0 Å². The molecule has 0 bridgehead atoms. The van der Waals surface area contributed by atoms with E-state index in [0.717, 1.165) is 0 Å². The van der Waals surface area contributed by atoms with Crippen molar-refractivity contribution < 1.29 is 23.9 Å². The second-order valence-electron chi connectivity index (χ2n) is 6.77. The topological polar surface area (TPSA) is 72.9 Å². The van der Waals surface area contributed by atoms with Crippen molar-refractivity contribution in [2.75, 3.05) is 19.5 Å². The van der Waals surface area contributed by atoms with Crippen molar-refractivity contribution in [1.82, 2.24) is 4.90 Å². The Morgan fingerprint density at radius 1 is 1.32 bits per heavy atom. The summed E-state index contributed by atoms with van der Waals surface area (Å²) in [6.07, 6.45) is -0.432. The summed E-state index contributed by atoms with van der Waals surface area (Å²) >= 11 is 5.57. The molecule has 22 heavy (non-hydrogen) atoms. The highest BCUT2D eigenvalue weighted by atomic mass is 35.5. The van der Waals surface area contributed by atoms with E-state index in [1.54, 1.807) is 20.8 Å². The van der Waals surface area contributed by atoms with Crippen molar-refractivity contribution in [2.45, 2.75) is 51.7 Å². The van der Waals surface area contributed by atoms with E-state index in [1.165, 1.54) is 12.0 Å². The zero-order valence-corrected chi connectivity index (χ0v) is 14.5. The van der Waals surface area contributed by atoms with Crippen LogP contribution in [0.25, 0.3) is 0 Å². The fourth-order valence-corrected chi connectivity index (χ4v) is 2.90. The Hall–Kier alpha value is -1.30. The van der Waals surface area contributed by atoms with Crippen LogP contribution in [0, 0.1) is 5.92 Å². The Kier molecular flexibility index (Phi) is 5.84. The molecule has 1 aliphatic heterocycles. The lowest BCUT2D eigenvalue weighted by molar-refractivity contribution is -0.155. The number of hydrogen-bond donors (Lipinski definition) is 0. The number of rotatable bonds is 4. The molecule has 0 spiro atoms. The first kappa shape index (κ1) is 18.7. The summed E-state index contributed by atoms with van der Waals surface area (Å²) in [6.45, 7) is 7.48. The molecule has 0 radical (unpaired) electrons. The van der Waals surface area contributed by atoms with E-state index >= 15 is 0 Å². The van der Waals surface area contributed by atoms with Gasteiger partial charge in [0.25, 0.3) is 0 Å².